The number of amides is 1. The summed E-state index contributed by atoms with van der Waals surface area (Å²) in [6.07, 6.45) is 0.804. The summed E-state index contributed by atoms with van der Waals surface area (Å²) in [5.41, 5.74) is -0.480. The Kier molecular flexibility index (Phi) is 4.14. The number of carboxylic acid groups (broad SMARTS) is 1. The molecule has 0 aromatic heterocycles. The normalized spacial score (nSPS) is 23.4. The van der Waals surface area contributed by atoms with Crippen LogP contribution in [0.15, 0.2) is 0 Å². The molecule has 0 bridgehead atoms. The Morgan fingerprint density at radius 2 is 2.00 bits per heavy atom. The van der Waals surface area contributed by atoms with Crippen molar-refractivity contribution in [1.29, 1.82) is 0 Å². The molecule has 17 heavy (non-hydrogen) atoms. The molecule has 0 spiro atoms. The van der Waals surface area contributed by atoms with Crippen LogP contribution < -0.4 is 5.32 Å². The highest BCUT2D eigenvalue weighted by molar-refractivity contribution is 5.85. The fraction of sp³-hybridized carbons (Fsp3) is 0.833. The van der Waals surface area contributed by atoms with E-state index in [4.69, 9.17) is 5.11 Å². The van der Waals surface area contributed by atoms with Crippen molar-refractivity contribution in [2.24, 2.45) is 11.3 Å². The van der Waals surface area contributed by atoms with Crippen LogP contribution in [-0.2, 0) is 9.59 Å². The van der Waals surface area contributed by atoms with Crippen LogP contribution in [-0.4, -0.2) is 48.1 Å². The molecule has 98 valence electrons. The fourth-order valence-electron chi connectivity index (χ4n) is 2.06. The molecule has 1 fully saturated rings. The first kappa shape index (κ1) is 14.0. The van der Waals surface area contributed by atoms with Crippen molar-refractivity contribution in [2.75, 3.05) is 20.1 Å². The van der Waals surface area contributed by atoms with E-state index in [9.17, 15) is 9.59 Å². The maximum atomic E-state index is 12.0. The average Bonchev–Trinajstić information content (AvgIpc) is 2.58. The van der Waals surface area contributed by atoms with Crippen molar-refractivity contribution in [3.63, 3.8) is 0 Å². The zero-order valence-corrected chi connectivity index (χ0v) is 11.0. The summed E-state index contributed by atoms with van der Waals surface area (Å²) < 4.78 is 0. The highest BCUT2D eigenvalue weighted by Crippen LogP contribution is 2.21. The predicted octanol–water partition coefficient (Wildman–Crippen LogP) is 0.554. The van der Waals surface area contributed by atoms with Gasteiger partial charge in [-0.1, -0.05) is 20.8 Å². The molecule has 1 saturated heterocycles. The zero-order chi connectivity index (χ0) is 13.2. The van der Waals surface area contributed by atoms with Gasteiger partial charge in [0.25, 0.3) is 0 Å². The summed E-state index contributed by atoms with van der Waals surface area (Å²) in [7, 11) is 1.96. The number of likely N-dealkylation sites (tertiary alicyclic amines) is 1. The third-order valence-electron chi connectivity index (χ3n) is 3.16. The lowest BCUT2D eigenvalue weighted by molar-refractivity contribution is -0.145. The minimum Gasteiger partial charge on any atom is -0.480 e. The van der Waals surface area contributed by atoms with E-state index >= 15 is 0 Å². The van der Waals surface area contributed by atoms with E-state index in [1.54, 1.807) is 0 Å². The molecule has 0 saturated carbocycles. The van der Waals surface area contributed by atoms with Crippen molar-refractivity contribution in [1.82, 2.24) is 10.2 Å². The maximum Gasteiger partial charge on any atom is 0.326 e. The topological polar surface area (TPSA) is 69.6 Å². The van der Waals surface area contributed by atoms with Crippen molar-refractivity contribution in [2.45, 2.75) is 33.2 Å². The third kappa shape index (κ3) is 3.70. The van der Waals surface area contributed by atoms with Gasteiger partial charge in [-0.3, -0.25) is 4.79 Å². The third-order valence-corrected chi connectivity index (χ3v) is 3.16. The first-order valence-corrected chi connectivity index (χ1v) is 5.93. The lowest BCUT2D eigenvalue weighted by Gasteiger charge is -2.28. The van der Waals surface area contributed by atoms with Gasteiger partial charge >= 0.3 is 5.97 Å². The number of hydrogen-bond donors (Lipinski definition) is 2. The van der Waals surface area contributed by atoms with E-state index in [2.05, 4.69) is 10.2 Å². The van der Waals surface area contributed by atoms with Crippen LogP contribution in [0.3, 0.4) is 0 Å². The number of hydrogen-bond acceptors (Lipinski definition) is 3. The quantitative estimate of drug-likeness (QED) is 0.758. The molecule has 1 rings (SSSR count). The average molecular weight is 242 g/mol. The highest BCUT2D eigenvalue weighted by Gasteiger charge is 2.35. The van der Waals surface area contributed by atoms with E-state index < -0.39 is 17.4 Å². The molecule has 0 aromatic carbocycles. The Morgan fingerprint density at radius 3 is 2.35 bits per heavy atom. The van der Waals surface area contributed by atoms with Crippen LogP contribution in [0, 0.1) is 11.3 Å². The molecular weight excluding hydrogens is 220 g/mol. The smallest absolute Gasteiger partial charge is 0.326 e. The van der Waals surface area contributed by atoms with Gasteiger partial charge in [-0.2, -0.15) is 0 Å². The van der Waals surface area contributed by atoms with E-state index in [1.165, 1.54) is 0 Å². The lowest BCUT2D eigenvalue weighted by atomic mass is 9.86. The van der Waals surface area contributed by atoms with Crippen LogP contribution in [0.2, 0.25) is 0 Å². The van der Waals surface area contributed by atoms with Gasteiger partial charge in [0.15, 0.2) is 0 Å². The minimum atomic E-state index is -0.975. The molecule has 1 aliphatic heterocycles. The van der Waals surface area contributed by atoms with Crippen molar-refractivity contribution >= 4 is 11.9 Å². The number of carbonyl (C=O) groups excluding carboxylic acids is 1. The van der Waals surface area contributed by atoms with Gasteiger partial charge in [0.1, 0.15) is 6.04 Å². The van der Waals surface area contributed by atoms with Gasteiger partial charge in [-0.25, -0.2) is 4.79 Å². The summed E-state index contributed by atoms with van der Waals surface area (Å²) >= 11 is 0. The number of carboxylic acids is 1. The second-order valence-electron chi connectivity index (χ2n) is 5.89. The number of nitrogens with one attached hydrogen (secondary N) is 1. The van der Waals surface area contributed by atoms with E-state index in [0.717, 1.165) is 13.0 Å². The molecule has 2 N–H and O–H groups in total. The number of aliphatic carboxylic acids is 1. The molecule has 2 atom stereocenters. The molecule has 5 nitrogen and oxygen atoms in total. The number of nitrogens with zero attached hydrogens (tertiary/aromatic N) is 1. The van der Waals surface area contributed by atoms with Crippen molar-refractivity contribution in [3.05, 3.63) is 0 Å². The molecule has 1 heterocycles. The van der Waals surface area contributed by atoms with E-state index in [0.29, 0.717) is 6.54 Å². The first-order chi connectivity index (χ1) is 7.71. The van der Waals surface area contributed by atoms with Crippen LogP contribution in [0.4, 0.5) is 0 Å². The van der Waals surface area contributed by atoms with E-state index in [1.807, 2.05) is 27.8 Å². The van der Waals surface area contributed by atoms with Crippen LogP contribution in [0.25, 0.3) is 0 Å². The van der Waals surface area contributed by atoms with Crippen molar-refractivity contribution in [3.8, 4) is 0 Å². The van der Waals surface area contributed by atoms with Gasteiger partial charge in [0, 0.05) is 6.54 Å². The molecule has 5 heteroatoms. The van der Waals surface area contributed by atoms with Crippen LogP contribution >= 0.6 is 0 Å². The molecule has 1 aliphatic rings. The largest absolute Gasteiger partial charge is 0.480 e. The number of carbonyl (C=O) groups is 2. The van der Waals surface area contributed by atoms with Gasteiger partial charge in [0.2, 0.25) is 5.91 Å². The molecule has 1 amide bonds. The molecular formula is C12H22N2O3. The Hall–Kier alpha value is -1.10. The number of rotatable bonds is 3. The summed E-state index contributed by atoms with van der Waals surface area (Å²) in [6, 6.07) is -0.832. The Bertz CT molecular complexity index is 309. The molecule has 0 aliphatic carbocycles. The van der Waals surface area contributed by atoms with Crippen molar-refractivity contribution < 1.29 is 14.7 Å². The SMILES string of the molecule is CN1CCC(C(=O)NC(C(=O)O)C(C)(C)C)C1. The Balaban J connectivity index is 2.62. The lowest BCUT2D eigenvalue weighted by Crippen LogP contribution is -2.51. The summed E-state index contributed by atoms with van der Waals surface area (Å²) in [6.45, 7) is 7.04. The highest BCUT2D eigenvalue weighted by atomic mass is 16.4. The maximum absolute atomic E-state index is 12.0. The van der Waals surface area contributed by atoms with Gasteiger partial charge in [0.05, 0.1) is 5.92 Å². The van der Waals surface area contributed by atoms with Crippen LogP contribution in [0.5, 0.6) is 0 Å². The summed E-state index contributed by atoms with van der Waals surface area (Å²) in [5.74, 6) is -1.20. The first-order valence-electron chi connectivity index (χ1n) is 5.93. The van der Waals surface area contributed by atoms with Crippen LogP contribution in [0.1, 0.15) is 27.2 Å². The Morgan fingerprint density at radius 1 is 1.41 bits per heavy atom. The second kappa shape index (κ2) is 5.04. The summed E-state index contributed by atoms with van der Waals surface area (Å²) in [5, 5.41) is 11.8. The second-order valence-corrected chi connectivity index (χ2v) is 5.89. The van der Waals surface area contributed by atoms with Gasteiger partial charge in [-0.15, -0.1) is 0 Å². The standard InChI is InChI=1S/C12H22N2O3/c1-12(2,3)9(11(16)17)13-10(15)8-5-6-14(4)7-8/h8-9H,5-7H2,1-4H3,(H,13,15)(H,16,17). The van der Waals surface area contributed by atoms with Gasteiger partial charge in [-0.05, 0) is 25.4 Å². The predicted molar refractivity (Wildman–Crippen MR) is 64.6 cm³/mol. The van der Waals surface area contributed by atoms with Gasteiger partial charge < -0.3 is 15.3 Å². The molecule has 2 unspecified atom stereocenters. The Labute approximate surface area is 102 Å². The molecule has 0 radical (unpaired) electrons. The summed E-state index contributed by atoms with van der Waals surface area (Å²) in [4.78, 5) is 25.2. The minimum absolute atomic E-state index is 0.0794. The monoisotopic (exact) mass is 242 g/mol. The molecule has 0 aromatic rings. The fourth-order valence-corrected chi connectivity index (χ4v) is 2.06. The zero-order valence-electron chi connectivity index (χ0n) is 11.0. The van der Waals surface area contributed by atoms with E-state index in [-0.39, 0.29) is 11.8 Å².